The summed E-state index contributed by atoms with van der Waals surface area (Å²) in [5.74, 6) is 0.598. The van der Waals surface area contributed by atoms with Gasteiger partial charge in [-0.2, -0.15) is 0 Å². The fourth-order valence-corrected chi connectivity index (χ4v) is 3.07. The molecule has 116 valence electrons. The van der Waals surface area contributed by atoms with E-state index in [1.54, 1.807) is 6.07 Å². The van der Waals surface area contributed by atoms with Gasteiger partial charge in [-0.05, 0) is 30.9 Å². The van der Waals surface area contributed by atoms with Crippen molar-refractivity contribution in [2.75, 3.05) is 24.1 Å². The molecule has 2 rings (SSSR count). The predicted octanol–water partition coefficient (Wildman–Crippen LogP) is 3.11. The van der Waals surface area contributed by atoms with Gasteiger partial charge in [0, 0.05) is 12.6 Å². The maximum atomic E-state index is 12.3. The van der Waals surface area contributed by atoms with E-state index in [9.17, 15) is 4.79 Å². The molecule has 21 heavy (non-hydrogen) atoms. The molecule has 1 aromatic rings. The molecule has 0 unspecified atom stereocenters. The smallest absolute Gasteiger partial charge is 0.238 e. The molecule has 4 nitrogen and oxygen atoms in total. The normalized spacial score (nSPS) is 15.8. The van der Waals surface area contributed by atoms with Crippen LogP contribution in [0, 0.1) is 5.92 Å². The molecule has 0 atom stereocenters. The quantitative estimate of drug-likeness (QED) is 0.791. The minimum absolute atomic E-state index is 0.0282. The zero-order valence-corrected chi connectivity index (χ0v) is 13.1. The molecular weight excluding hydrogens is 262 g/mol. The van der Waals surface area contributed by atoms with Crippen molar-refractivity contribution in [3.63, 3.8) is 0 Å². The van der Waals surface area contributed by atoms with Crippen molar-refractivity contribution >= 4 is 17.3 Å². The number of anilines is 2. The van der Waals surface area contributed by atoms with Crippen LogP contribution in [0.4, 0.5) is 11.4 Å². The number of benzene rings is 1. The first-order chi connectivity index (χ1) is 10.1. The van der Waals surface area contributed by atoms with Crippen LogP contribution in [-0.4, -0.2) is 29.9 Å². The Morgan fingerprint density at radius 3 is 2.62 bits per heavy atom. The summed E-state index contributed by atoms with van der Waals surface area (Å²) in [6.07, 6.45) is 5.00. The Hall–Kier alpha value is -1.55. The highest BCUT2D eigenvalue weighted by Crippen LogP contribution is 2.24. The van der Waals surface area contributed by atoms with Gasteiger partial charge in [-0.25, -0.2) is 0 Å². The van der Waals surface area contributed by atoms with Crippen molar-refractivity contribution in [2.45, 2.75) is 45.6 Å². The average molecular weight is 289 g/mol. The topological polar surface area (TPSA) is 58.4 Å². The highest BCUT2D eigenvalue weighted by molar-refractivity contribution is 5.95. The summed E-state index contributed by atoms with van der Waals surface area (Å²) in [6, 6.07) is 7.96. The Bertz CT molecular complexity index is 467. The number of rotatable bonds is 6. The lowest BCUT2D eigenvalue weighted by Gasteiger charge is -2.29. The first kappa shape index (κ1) is 15.8. The zero-order valence-electron chi connectivity index (χ0n) is 13.1. The molecule has 0 radical (unpaired) electrons. The van der Waals surface area contributed by atoms with E-state index >= 15 is 0 Å². The largest absolute Gasteiger partial charge is 0.397 e. The number of carbonyl (C=O) groups is 1. The maximum Gasteiger partial charge on any atom is 0.238 e. The summed E-state index contributed by atoms with van der Waals surface area (Å²) in [6.45, 7) is 5.84. The lowest BCUT2D eigenvalue weighted by atomic mass is 10.1. The van der Waals surface area contributed by atoms with Gasteiger partial charge in [0.05, 0.1) is 17.9 Å². The number of nitrogens with one attached hydrogen (secondary N) is 1. The molecule has 4 heteroatoms. The third-order valence-corrected chi connectivity index (χ3v) is 4.02. The van der Waals surface area contributed by atoms with Gasteiger partial charge in [-0.15, -0.1) is 0 Å². The predicted molar refractivity (Wildman–Crippen MR) is 88.2 cm³/mol. The van der Waals surface area contributed by atoms with Crippen LogP contribution in [0.1, 0.15) is 39.5 Å². The van der Waals surface area contributed by atoms with Crippen molar-refractivity contribution in [1.82, 2.24) is 4.90 Å². The van der Waals surface area contributed by atoms with Crippen LogP contribution in [0.3, 0.4) is 0 Å². The molecule has 3 N–H and O–H groups in total. The number of amides is 1. The summed E-state index contributed by atoms with van der Waals surface area (Å²) in [4.78, 5) is 14.6. The molecule has 1 amide bonds. The van der Waals surface area contributed by atoms with E-state index < -0.39 is 0 Å². The number of hydrogen-bond acceptors (Lipinski definition) is 3. The third-order valence-electron chi connectivity index (χ3n) is 4.02. The highest BCUT2D eigenvalue weighted by atomic mass is 16.2. The van der Waals surface area contributed by atoms with E-state index in [0.29, 0.717) is 29.9 Å². The number of para-hydroxylation sites is 2. The molecule has 1 fully saturated rings. The van der Waals surface area contributed by atoms with Crippen molar-refractivity contribution < 1.29 is 4.79 Å². The van der Waals surface area contributed by atoms with Gasteiger partial charge in [-0.3, -0.25) is 9.69 Å². The third kappa shape index (κ3) is 4.74. The Morgan fingerprint density at radius 1 is 1.33 bits per heavy atom. The monoisotopic (exact) mass is 289 g/mol. The number of hydrogen-bond donors (Lipinski definition) is 2. The Morgan fingerprint density at radius 2 is 2.00 bits per heavy atom. The van der Waals surface area contributed by atoms with Gasteiger partial charge >= 0.3 is 0 Å². The Labute approximate surface area is 127 Å². The van der Waals surface area contributed by atoms with Crippen molar-refractivity contribution in [3.05, 3.63) is 24.3 Å². The number of nitrogens with two attached hydrogens (primary N) is 1. The fraction of sp³-hybridized carbons (Fsp3) is 0.588. The standard InChI is InChI=1S/C17H27N3O/c1-13(2)11-20(14-7-3-4-8-14)12-17(21)19-16-10-6-5-9-15(16)18/h5-6,9-10,13-14H,3-4,7-8,11-12,18H2,1-2H3,(H,19,21). The Balaban J connectivity index is 1.95. The second-order valence-electron chi connectivity index (χ2n) is 6.40. The van der Waals surface area contributed by atoms with Gasteiger partial charge in [0.25, 0.3) is 0 Å². The average Bonchev–Trinajstić information content (AvgIpc) is 2.94. The number of nitrogen functional groups attached to an aromatic ring is 1. The summed E-state index contributed by atoms with van der Waals surface area (Å²) < 4.78 is 0. The van der Waals surface area contributed by atoms with E-state index in [2.05, 4.69) is 24.1 Å². The van der Waals surface area contributed by atoms with E-state index in [-0.39, 0.29) is 5.91 Å². The second-order valence-corrected chi connectivity index (χ2v) is 6.40. The van der Waals surface area contributed by atoms with Gasteiger partial charge < -0.3 is 11.1 Å². The summed E-state index contributed by atoms with van der Waals surface area (Å²) in [5, 5.41) is 2.93. The Kier molecular flexibility index (Phi) is 5.62. The first-order valence-electron chi connectivity index (χ1n) is 7.94. The van der Waals surface area contributed by atoms with E-state index in [4.69, 9.17) is 5.73 Å². The molecular formula is C17H27N3O. The fourth-order valence-electron chi connectivity index (χ4n) is 3.07. The molecule has 1 aromatic carbocycles. The number of nitrogens with zero attached hydrogens (tertiary/aromatic N) is 1. The minimum atomic E-state index is 0.0282. The minimum Gasteiger partial charge on any atom is -0.397 e. The van der Waals surface area contributed by atoms with Crippen LogP contribution >= 0.6 is 0 Å². The van der Waals surface area contributed by atoms with Crippen LogP contribution in [-0.2, 0) is 4.79 Å². The van der Waals surface area contributed by atoms with E-state index in [1.807, 2.05) is 18.2 Å². The number of carbonyl (C=O) groups excluding carboxylic acids is 1. The summed E-state index contributed by atoms with van der Waals surface area (Å²) in [5.41, 5.74) is 7.19. The van der Waals surface area contributed by atoms with Crippen LogP contribution in [0.2, 0.25) is 0 Å². The SMILES string of the molecule is CC(C)CN(CC(=O)Nc1ccccc1N)C1CCCC1. The van der Waals surface area contributed by atoms with Crippen molar-refractivity contribution in [1.29, 1.82) is 0 Å². The molecule has 0 spiro atoms. The molecule has 1 aliphatic rings. The molecule has 0 aliphatic heterocycles. The summed E-state index contributed by atoms with van der Waals surface area (Å²) >= 11 is 0. The highest BCUT2D eigenvalue weighted by Gasteiger charge is 2.24. The van der Waals surface area contributed by atoms with Crippen LogP contribution in [0.25, 0.3) is 0 Å². The van der Waals surface area contributed by atoms with Crippen LogP contribution in [0.5, 0.6) is 0 Å². The van der Waals surface area contributed by atoms with E-state index in [0.717, 1.165) is 6.54 Å². The van der Waals surface area contributed by atoms with Gasteiger partial charge in [0.1, 0.15) is 0 Å². The molecule has 0 heterocycles. The maximum absolute atomic E-state index is 12.3. The lowest BCUT2D eigenvalue weighted by Crippen LogP contribution is -2.41. The van der Waals surface area contributed by atoms with Gasteiger partial charge in [0.2, 0.25) is 5.91 Å². The van der Waals surface area contributed by atoms with Gasteiger partial charge in [-0.1, -0.05) is 38.8 Å². The first-order valence-corrected chi connectivity index (χ1v) is 7.94. The molecule has 0 saturated heterocycles. The van der Waals surface area contributed by atoms with Crippen LogP contribution in [0.15, 0.2) is 24.3 Å². The van der Waals surface area contributed by atoms with Crippen molar-refractivity contribution in [2.24, 2.45) is 5.92 Å². The van der Waals surface area contributed by atoms with Crippen LogP contribution < -0.4 is 11.1 Å². The molecule has 1 aliphatic carbocycles. The van der Waals surface area contributed by atoms with Gasteiger partial charge in [0.15, 0.2) is 0 Å². The molecule has 0 aromatic heterocycles. The van der Waals surface area contributed by atoms with Crippen molar-refractivity contribution in [3.8, 4) is 0 Å². The molecule has 1 saturated carbocycles. The summed E-state index contributed by atoms with van der Waals surface area (Å²) in [7, 11) is 0. The second kappa shape index (κ2) is 7.46. The lowest BCUT2D eigenvalue weighted by molar-refractivity contribution is -0.118. The van der Waals surface area contributed by atoms with E-state index in [1.165, 1.54) is 25.7 Å². The molecule has 0 bridgehead atoms. The zero-order chi connectivity index (χ0) is 15.2.